The normalized spacial score (nSPS) is 12.1. The average Bonchev–Trinajstić information content (AvgIpc) is 3.45. The maximum Gasteiger partial charge on any atom is 0.269 e. The van der Waals surface area contributed by atoms with E-state index in [1.54, 1.807) is 42.8 Å². The number of hydrogen-bond donors (Lipinski definition) is 1. The van der Waals surface area contributed by atoms with E-state index in [-0.39, 0.29) is 17.8 Å². The van der Waals surface area contributed by atoms with Crippen LogP contribution in [-0.4, -0.2) is 32.0 Å². The lowest BCUT2D eigenvalue weighted by Crippen LogP contribution is -2.32. The number of nitrogens with zero attached hydrogens (tertiary/aromatic N) is 4. The third-order valence-electron chi connectivity index (χ3n) is 4.48. The minimum Gasteiger partial charge on any atom is -0.348 e. The average molecular weight is 395 g/mol. The zero-order valence-electron chi connectivity index (χ0n) is 15.1. The first kappa shape index (κ1) is 18.1. The van der Waals surface area contributed by atoms with Gasteiger partial charge in [-0.05, 0) is 58.8 Å². The monoisotopic (exact) mass is 395 g/mol. The third-order valence-corrected chi connectivity index (χ3v) is 5.18. The molecule has 6 nitrogen and oxygen atoms in total. The van der Waals surface area contributed by atoms with Crippen molar-refractivity contribution >= 4 is 17.2 Å². The summed E-state index contributed by atoms with van der Waals surface area (Å²) in [5, 5.41) is 15.7. The van der Waals surface area contributed by atoms with Crippen molar-refractivity contribution in [2.45, 2.75) is 6.04 Å². The standard InChI is InChI=1S/C20H18FN5OS/c1-25-18(11-17(24-25)14-3-5-16(21)6-4-14)20(27)22-12-19(15-7-10-28-13-15)26-9-2-8-23-26/h2-11,13,19H,12H2,1H3,(H,22,27)/t19-/m0/s1. The lowest BCUT2D eigenvalue weighted by molar-refractivity contribution is 0.0940. The van der Waals surface area contributed by atoms with Gasteiger partial charge in [0.1, 0.15) is 11.5 Å². The van der Waals surface area contributed by atoms with Crippen LogP contribution < -0.4 is 5.32 Å². The minimum atomic E-state index is -0.309. The molecule has 0 aliphatic heterocycles. The molecule has 1 N–H and O–H groups in total. The van der Waals surface area contributed by atoms with Gasteiger partial charge in [0.25, 0.3) is 5.91 Å². The lowest BCUT2D eigenvalue weighted by Gasteiger charge is -2.17. The first-order valence-electron chi connectivity index (χ1n) is 8.71. The number of aryl methyl sites for hydroxylation is 1. The Morgan fingerprint density at radius 1 is 1.29 bits per heavy atom. The second-order valence-corrected chi connectivity index (χ2v) is 7.09. The Morgan fingerprint density at radius 2 is 2.11 bits per heavy atom. The van der Waals surface area contributed by atoms with Gasteiger partial charge in [-0.15, -0.1) is 0 Å². The number of amides is 1. The molecule has 8 heteroatoms. The Balaban J connectivity index is 1.51. The van der Waals surface area contributed by atoms with Crippen LogP contribution in [-0.2, 0) is 7.05 Å². The second-order valence-electron chi connectivity index (χ2n) is 6.31. The van der Waals surface area contributed by atoms with E-state index >= 15 is 0 Å². The number of carbonyl (C=O) groups excluding carboxylic acids is 1. The van der Waals surface area contributed by atoms with Gasteiger partial charge in [0.15, 0.2) is 0 Å². The van der Waals surface area contributed by atoms with E-state index in [1.165, 1.54) is 16.8 Å². The summed E-state index contributed by atoms with van der Waals surface area (Å²) in [7, 11) is 1.71. The van der Waals surface area contributed by atoms with Crippen LogP contribution in [0.1, 0.15) is 22.1 Å². The molecule has 1 aromatic carbocycles. The van der Waals surface area contributed by atoms with Gasteiger partial charge in [-0.2, -0.15) is 21.5 Å². The Bertz CT molecular complexity index is 1020. The molecule has 0 spiro atoms. The number of aromatic nitrogens is 4. The summed E-state index contributed by atoms with van der Waals surface area (Å²) in [6.45, 7) is 0.397. The largest absolute Gasteiger partial charge is 0.348 e. The van der Waals surface area contributed by atoms with Gasteiger partial charge < -0.3 is 5.32 Å². The summed E-state index contributed by atoms with van der Waals surface area (Å²) >= 11 is 1.61. The van der Waals surface area contributed by atoms with Crippen molar-refractivity contribution in [3.63, 3.8) is 0 Å². The number of rotatable bonds is 6. The summed E-state index contributed by atoms with van der Waals surface area (Å²) in [5.74, 6) is -0.536. The van der Waals surface area contributed by atoms with E-state index in [0.29, 0.717) is 17.9 Å². The van der Waals surface area contributed by atoms with Crippen LogP contribution in [0.4, 0.5) is 4.39 Å². The molecule has 0 aliphatic rings. The number of carbonyl (C=O) groups is 1. The molecule has 1 atom stereocenters. The Hall–Kier alpha value is -3.26. The SMILES string of the molecule is Cn1nc(-c2ccc(F)cc2)cc1C(=O)NC[C@@H](c1ccsc1)n1cccn1. The maximum absolute atomic E-state index is 13.1. The Labute approximate surface area is 165 Å². The van der Waals surface area contributed by atoms with E-state index in [0.717, 1.165) is 11.1 Å². The number of nitrogens with one attached hydrogen (secondary N) is 1. The molecule has 0 aliphatic carbocycles. The highest BCUT2D eigenvalue weighted by Crippen LogP contribution is 2.21. The molecule has 142 valence electrons. The molecule has 0 unspecified atom stereocenters. The molecule has 3 aromatic heterocycles. The summed E-state index contributed by atoms with van der Waals surface area (Å²) in [6, 6.07) is 11.5. The van der Waals surface area contributed by atoms with Crippen LogP contribution in [0.3, 0.4) is 0 Å². The number of hydrogen-bond acceptors (Lipinski definition) is 4. The zero-order valence-corrected chi connectivity index (χ0v) is 15.9. The van der Waals surface area contributed by atoms with Crippen molar-refractivity contribution < 1.29 is 9.18 Å². The van der Waals surface area contributed by atoms with E-state index < -0.39 is 0 Å². The zero-order chi connectivity index (χ0) is 19.5. The third kappa shape index (κ3) is 3.72. The molecular formula is C20H18FN5OS. The highest BCUT2D eigenvalue weighted by Gasteiger charge is 2.19. The molecule has 1 amide bonds. The quantitative estimate of drug-likeness (QED) is 0.543. The van der Waals surface area contributed by atoms with Gasteiger partial charge in [0.05, 0.1) is 11.7 Å². The maximum atomic E-state index is 13.1. The van der Waals surface area contributed by atoms with Crippen LogP contribution in [0.15, 0.2) is 65.6 Å². The molecule has 0 radical (unpaired) electrons. The van der Waals surface area contributed by atoms with Gasteiger partial charge >= 0.3 is 0 Å². The van der Waals surface area contributed by atoms with Gasteiger partial charge in [0.2, 0.25) is 0 Å². The van der Waals surface area contributed by atoms with E-state index in [4.69, 9.17) is 0 Å². The van der Waals surface area contributed by atoms with Crippen LogP contribution in [0, 0.1) is 5.82 Å². The van der Waals surface area contributed by atoms with Crippen molar-refractivity contribution in [2.75, 3.05) is 6.54 Å². The molecule has 28 heavy (non-hydrogen) atoms. The molecule has 4 aromatic rings. The molecule has 3 heterocycles. The first-order chi connectivity index (χ1) is 13.6. The van der Waals surface area contributed by atoms with Crippen molar-refractivity contribution in [1.82, 2.24) is 24.9 Å². The molecule has 0 saturated heterocycles. The predicted octanol–water partition coefficient (Wildman–Crippen LogP) is 3.50. The molecule has 4 rings (SSSR count). The van der Waals surface area contributed by atoms with Crippen molar-refractivity contribution in [1.29, 1.82) is 0 Å². The number of thiophene rings is 1. The Kier molecular flexibility index (Phi) is 5.03. The van der Waals surface area contributed by atoms with Crippen molar-refractivity contribution in [3.8, 4) is 11.3 Å². The van der Waals surface area contributed by atoms with Crippen molar-refractivity contribution in [2.24, 2.45) is 7.05 Å². The highest BCUT2D eigenvalue weighted by atomic mass is 32.1. The topological polar surface area (TPSA) is 64.7 Å². The fourth-order valence-corrected chi connectivity index (χ4v) is 3.72. The van der Waals surface area contributed by atoms with Gasteiger partial charge in [-0.1, -0.05) is 0 Å². The van der Waals surface area contributed by atoms with E-state index in [1.807, 2.05) is 28.4 Å². The van der Waals surface area contributed by atoms with Crippen molar-refractivity contribution in [3.05, 3.63) is 82.7 Å². The van der Waals surface area contributed by atoms with Gasteiger partial charge in [0, 0.05) is 31.5 Å². The molecule has 0 bridgehead atoms. The molecular weight excluding hydrogens is 377 g/mol. The van der Waals surface area contributed by atoms with Gasteiger partial charge in [-0.25, -0.2) is 4.39 Å². The summed E-state index contributed by atoms with van der Waals surface area (Å²) < 4.78 is 16.5. The lowest BCUT2D eigenvalue weighted by atomic mass is 10.1. The summed E-state index contributed by atoms with van der Waals surface area (Å²) in [6.07, 6.45) is 3.60. The van der Waals surface area contributed by atoms with Crippen LogP contribution >= 0.6 is 11.3 Å². The van der Waals surface area contributed by atoms with Crippen LogP contribution in [0.2, 0.25) is 0 Å². The second kappa shape index (κ2) is 7.77. The summed E-state index contributed by atoms with van der Waals surface area (Å²) in [5.41, 5.74) is 2.90. The van der Waals surface area contributed by atoms with Crippen LogP contribution in [0.25, 0.3) is 11.3 Å². The van der Waals surface area contributed by atoms with E-state index in [2.05, 4.69) is 20.9 Å². The molecule has 0 saturated carbocycles. The summed E-state index contributed by atoms with van der Waals surface area (Å²) in [4.78, 5) is 12.7. The highest BCUT2D eigenvalue weighted by molar-refractivity contribution is 7.08. The van der Waals surface area contributed by atoms with Crippen LogP contribution in [0.5, 0.6) is 0 Å². The Morgan fingerprint density at radius 3 is 2.79 bits per heavy atom. The fraction of sp³-hybridized carbons (Fsp3) is 0.150. The first-order valence-corrected chi connectivity index (χ1v) is 9.65. The number of benzene rings is 1. The minimum absolute atomic E-state index is 0.0880. The molecule has 0 fully saturated rings. The number of halogens is 1. The predicted molar refractivity (Wildman–Crippen MR) is 106 cm³/mol. The van der Waals surface area contributed by atoms with Gasteiger partial charge in [-0.3, -0.25) is 14.2 Å². The smallest absolute Gasteiger partial charge is 0.269 e. The van der Waals surface area contributed by atoms with E-state index in [9.17, 15) is 9.18 Å². The fourth-order valence-electron chi connectivity index (χ4n) is 3.02.